The molecular formula is C28H26ClN5S2. The molecule has 0 spiro atoms. The first-order chi connectivity index (χ1) is 17.7. The quantitative estimate of drug-likeness (QED) is 0.228. The maximum Gasteiger partial charge on any atom is 0.204 e. The molecule has 36 heavy (non-hydrogen) atoms. The van der Waals surface area contributed by atoms with Gasteiger partial charge in [0.2, 0.25) is 4.77 Å². The number of nitrogens with zero attached hydrogens (tertiary/aromatic N) is 5. The molecule has 1 fully saturated rings. The fourth-order valence-electron chi connectivity index (χ4n) is 4.73. The Morgan fingerprint density at radius 1 is 0.806 bits per heavy atom. The van der Waals surface area contributed by atoms with E-state index in [0.29, 0.717) is 11.4 Å². The molecule has 1 aliphatic heterocycles. The van der Waals surface area contributed by atoms with Gasteiger partial charge in [-0.3, -0.25) is 14.4 Å². The maximum absolute atomic E-state index is 6.88. The molecule has 0 N–H and O–H groups in total. The first-order valence-electron chi connectivity index (χ1n) is 12.1. The van der Waals surface area contributed by atoms with Crippen LogP contribution in [0.15, 0.2) is 84.9 Å². The Kier molecular flexibility index (Phi) is 6.73. The van der Waals surface area contributed by atoms with Gasteiger partial charge in [0.1, 0.15) is 0 Å². The zero-order chi connectivity index (χ0) is 24.5. The van der Waals surface area contributed by atoms with Gasteiger partial charge in [-0.1, -0.05) is 78.3 Å². The highest BCUT2D eigenvalue weighted by atomic mass is 35.5. The summed E-state index contributed by atoms with van der Waals surface area (Å²) in [6.07, 6.45) is 0. The molecule has 8 heteroatoms. The van der Waals surface area contributed by atoms with Crippen LogP contribution in [-0.2, 0) is 13.2 Å². The van der Waals surface area contributed by atoms with E-state index >= 15 is 0 Å². The summed E-state index contributed by atoms with van der Waals surface area (Å²) in [5.41, 5.74) is 2.35. The number of aromatic nitrogens is 3. The van der Waals surface area contributed by atoms with Crippen molar-refractivity contribution in [2.45, 2.75) is 13.2 Å². The van der Waals surface area contributed by atoms with Crippen LogP contribution in [-0.4, -0.2) is 50.3 Å². The summed E-state index contributed by atoms with van der Waals surface area (Å²) in [5, 5.41) is 6.82. The van der Waals surface area contributed by atoms with Crippen molar-refractivity contribution < 1.29 is 0 Å². The lowest BCUT2D eigenvalue weighted by molar-refractivity contribution is 0.0981. The fourth-order valence-corrected chi connectivity index (χ4v) is 6.52. The smallest absolute Gasteiger partial charge is 0.204 e. The predicted octanol–water partition coefficient (Wildman–Crippen LogP) is 6.71. The molecule has 0 atom stereocenters. The molecule has 3 aromatic carbocycles. The number of thiophene rings is 1. The summed E-state index contributed by atoms with van der Waals surface area (Å²) >= 11 is 14.5. The van der Waals surface area contributed by atoms with Crippen molar-refractivity contribution in [3.63, 3.8) is 0 Å². The van der Waals surface area contributed by atoms with E-state index in [9.17, 15) is 0 Å². The molecular weight excluding hydrogens is 506 g/mol. The largest absolute Gasteiger partial charge is 0.297 e. The Balaban J connectivity index is 1.29. The van der Waals surface area contributed by atoms with E-state index in [0.717, 1.165) is 64.2 Å². The molecule has 5 nitrogen and oxygen atoms in total. The normalized spacial score (nSPS) is 15.0. The van der Waals surface area contributed by atoms with Crippen LogP contribution in [0.4, 0.5) is 0 Å². The topological polar surface area (TPSA) is 29.2 Å². The average molecular weight is 532 g/mol. The maximum atomic E-state index is 6.88. The van der Waals surface area contributed by atoms with Gasteiger partial charge in [-0.25, -0.2) is 4.68 Å². The minimum Gasteiger partial charge on any atom is -0.297 e. The van der Waals surface area contributed by atoms with Crippen LogP contribution in [0, 0.1) is 4.77 Å². The number of halogens is 1. The molecule has 0 saturated carbocycles. The summed E-state index contributed by atoms with van der Waals surface area (Å²) in [7, 11) is 0. The molecule has 0 unspecified atom stereocenters. The van der Waals surface area contributed by atoms with E-state index in [-0.39, 0.29) is 0 Å². The van der Waals surface area contributed by atoms with Gasteiger partial charge >= 0.3 is 0 Å². The average Bonchev–Trinajstić information content (AvgIpc) is 3.42. The van der Waals surface area contributed by atoms with Gasteiger partial charge in [0, 0.05) is 42.8 Å². The summed E-state index contributed by atoms with van der Waals surface area (Å²) in [4.78, 5) is 5.88. The molecule has 1 aliphatic rings. The van der Waals surface area contributed by atoms with Crippen LogP contribution in [0.1, 0.15) is 5.56 Å². The minimum atomic E-state index is 0.660. The monoisotopic (exact) mass is 531 g/mol. The fraction of sp³-hybridized carbons (Fsp3) is 0.214. The Morgan fingerprint density at radius 2 is 1.44 bits per heavy atom. The van der Waals surface area contributed by atoms with Gasteiger partial charge in [0.25, 0.3) is 0 Å². The van der Waals surface area contributed by atoms with Crippen LogP contribution >= 0.6 is 35.2 Å². The number of fused-ring (bicyclic) bond motifs is 1. The van der Waals surface area contributed by atoms with Crippen molar-refractivity contribution >= 4 is 45.2 Å². The number of piperazine rings is 1. The molecule has 6 rings (SSSR count). The Labute approximate surface area is 224 Å². The molecule has 1 saturated heterocycles. The Hall–Kier alpha value is -2.81. The third-order valence-electron chi connectivity index (χ3n) is 6.64. The van der Waals surface area contributed by atoms with E-state index in [4.69, 9.17) is 28.9 Å². The SMILES string of the molecule is S=c1n(CN2CCN(Cc3ccccc3)CC2)nc(-c2sc3ccccc3c2Cl)n1-c1ccccc1. The highest BCUT2D eigenvalue weighted by Crippen LogP contribution is 2.42. The van der Waals surface area contributed by atoms with Crippen molar-refractivity contribution in [1.82, 2.24) is 24.1 Å². The lowest BCUT2D eigenvalue weighted by Crippen LogP contribution is -2.46. The van der Waals surface area contributed by atoms with Crippen LogP contribution in [0.25, 0.3) is 26.5 Å². The third-order valence-corrected chi connectivity index (χ3v) is 8.70. The van der Waals surface area contributed by atoms with Crippen LogP contribution in [0.5, 0.6) is 0 Å². The van der Waals surface area contributed by atoms with E-state index < -0.39 is 0 Å². The zero-order valence-electron chi connectivity index (χ0n) is 19.8. The molecule has 3 heterocycles. The standard InChI is InChI=1S/C28H26ClN5S2/c29-25-23-13-7-8-14-24(23)36-26(25)27-30-33(28(35)34(27)22-11-5-2-6-12-22)20-32-17-15-31(16-18-32)19-21-9-3-1-4-10-21/h1-14H,15-20H2. The van der Waals surface area contributed by atoms with Gasteiger partial charge < -0.3 is 0 Å². The lowest BCUT2D eigenvalue weighted by Gasteiger charge is -2.34. The van der Waals surface area contributed by atoms with Crippen LogP contribution < -0.4 is 0 Å². The second-order valence-corrected chi connectivity index (χ2v) is 10.8. The predicted molar refractivity (Wildman–Crippen MR) is 152 cm³/mol. The molecule has 0 bridgehead atoms. The second-order valence-electron chi connectivity index (χ2n) is 9.04. The number of hydrogen-bond donors (Lipinski definition) is 0. The molecule has 0 radical (unpaired) electrons. The number of hydrogen-bond acceptors (Lipinski definition) is 5. The van der Waals surface area contributed by atoms with E-state index in [1.54, 1.807) is 11.3 Å². The van der Waals surface area contributed by atoms with E-state index in [2.05, 4.69) is 69.0 Å². The summed E-state index contributed by atoms with van der Waals surface area (Å²) in [6, 6.07) is 29.1. The van der Waals surface area contributed by atoms with Gasteiger partial charge in [0.15, 0.2) is 5.82 Å². The number of rotatable bonds is 6. The van der Waals surface area contributed by atoms with Crippen LogP contribution in [0.2, 0.25) is 5.02 Å². The van der Waals surface area contributed by atoms with Crippen molar-refractivity contribution in [2.75, 3.05) is 26.2 Å². The van der Waals surface area contributed by atoms with Crippen molar-refractivity contribution in [2.24, 2.45) is 0 Å². The molecule has 0 aliphatic carbocycles. The molecule has 0 amide bonds. The van der Waals surface area contributed by atoms with E-state index in [1.165, 1.54) is 5.56 Å². The van der Waals surface area contributed by atoms with Crippen molar-refractivity contribution in [3.05, 3.63) is 100 Å². The van der Waals surface area contributed by atoms with Gasteiger partial charge in [-0.2, -0.15) is 0 Å². The third kappa shape index (κ3) is 4.65. The van der Waals surface area contributed by atoms with Crippen molar-refractivity contribution in [3.8, 4) is 16.4 Å². The van der Waals surface area contributed by atoms with Gasteiger partial charge in [-0.15, -0.1) is 16.4 Å². The first kappa shape index (κ1) is 23.6. The zero-order valence-corrected chi connectivity index (χ0v) is 22.1. The van der Waals surface area contributed by atoms with E-state index in [1.807, 2.05) is 35.0 Å². The first-order valence-corrected chi connectivity index (χ1v) is 13.7. The highest BCUT2D eigenvalue weighted by Gasteiger charge is 2.23. The van der Waals surface area contributed by atoms with Gasteiger partial charge in [0.05, 0.1) is 22.3 Å². The highest BCUT2D eigenvalue weighted by molar-refractivity contribution is 7.71. The molecule has 182 valence electrons. The second kappa shape index (κ2) is 10.3. The molecule has 5 aromatic rings. The summed E-state index contributed by atoms with van der Waals surface area (Å²) in [5.74, 6) is 0.792. The Morgan fingerprint density at radius 3 is 2.17 bits per heavy atom. The summed E-state index contributed by atoms with van der Waals surface area (Å²) in [6.45, 7) is 5.66. The minimum absolute atomic E-state index is 0.660. The number of para-hydroxylation sites is 1. The molecule has 2 aromatic heterocycles. The van der Waals surface area contributed by atoms with Crippen LogP contribution in [0.3, 0.4) is 0 Å². The van der Waals surface area contributed by atoms with Crippen molar-refractivity contribution in [1.29, 1.82) is 0 Å². The van der Waals surface area contributed by atoms with Gasteiger partial charge in [-0.05, 0) is 36.0 Å². The Bertz CT molecular complexity index is 1530. The lowest BCUT2D eigenvalue weighted by atomic mass is 10.2. The number of benzene rings is 3. The summed E-state index contributed by atoms with van der Waals surface area (Å²) < 4.78 is 5.83.